The molecule has 3 nitrogen and oxygen atoms in total. The highest BCUT2D eigenvalue weighted by molar-refractivity contribution is 7.85. The minimum absolute atomic E-state index is 0.134. The predicted octanol–water partition coefficient (Wildman–Crippen LogP) is 4.55. The lowest BCUT2D eigenvalue weighted by Gasteiger charge is -2.32. The quantitative estimate of drug-likeness (QED) is 0.565. The van der Waals surface area contributed by atoms with Gasteiger partial charge < -0.3 is 5.11 Å². The van der Waals surface area contributed by atoms with Crippen LogP contribution in [0.25, 0.3) is 0 Å². The van der Waals surface area contributed by atoms with Crippen LogP contribution in [0.15, 0.2) is 89.8 Å². The average Bonchev–Trinajstić information content (AvgIpc) is 2.74. The van der Waals surface area contributed by atoms with E-state index in [9.17, 15) is 9.32 Å². The first-order chi connectivity index (χ1) is 14.0. The first-order valence-corrected chi connectivity index (χ1v) is 11.3. The summed E-state index contributed by atoms with van der Waals surface area (Å²) in [5, 5.41) is 10.9. The van der Waals surface area contributed by atoms with Gasteiger partial charge >= 0.3 is 0 Å². The first kappa shape index (κ1) is 21.4. The van der Waals surface area contributed by atoms with E-state index in [1.165, 1.54) is 11.1 Å². The lowest BCUT2D eigenvalue weighted by atomic mass is 10.1. The Morgan fingerprint density at radius 3 is 1.79 bits per heavy atom. The van der Waals surface area contributed by atoms with Gasteiger partial charge in [0.15, 0.2) is 0 Å². The largest absolute Gasteiger partial charge is 0.391 e. The summed E-state index contributed by atoms with van der Waals surface area (Å²) >= 11 is 0. The topological polar surface area (TPSA) is 40.5 Å². The van der Waals surface area contributed by atoms with E-state index in [4.69, 9.17) is 0 Å². The van der Waals surface area contributed by atoms with Gasteiger partial charge in [-0.05, 0) is 37.1 Å². The minimum Gasteiger partial charge on any atom is -0.391 e. The number of aryl methyl sites for hydroxylation is 1. The summed E-state index contributed by atoms with van der Waals surface area (Å²) in [6.07, 6.45) is -0.690. The molecule has 0 spiro atoms. The second kappa shape index (κ2) is 10.5. The Labute approximate surface area is 176 Å². The summed E-state index contributed by atoms with van der Waals surface area (Å²) in [4.78, 5) is 3.02. The molecule has 0 amide bonds. The predicted molar refractivity (Wildman–Crippen MR) is 120 cm³/mol. The van der Waals surface area contributed by atoms with Crippen LogP contribution in [0.4, 0.5) is 0 Å². The third-order valence-electron chi connectivity index (χ3n) is 5.20. The normalized spacial score (nSPS) is 14.5. The van der Waals surface area contributed by atoms with Gasteiger partial charge in [0.25, 0.3) is 0 Å². The maximum Gasteiger partial charge on any atom is 0.0811 e. The Hall–Kier alpha value is -2.27. The second-order valence-corrected chi connectivity index (χ2v) is 9.01. The van der Waals surface area contributed by atoms with Crippen molar-refractivity contribution in [3.63, 3.8) is 0 Å². The molecule has 0 radical (unpaired) electrons. The number of benzene rings is 3. The maximum absolute atomic E-state index is 12.7. The molecule has 0 heterocycles. The molecule has 152 valence electrons. The van der Waals surface area contributed by atoms with E-state index in [0.717, 1.165) is 23.5 Å². The third-order valence-corrected chi connectivity index (χ3v) is 6.64. The average molecular weight is 408 g/mol. The van der Waals surface area contributed by atoms with Gasteiger partial charge in [-0.2, -0.15) is 0 Å². The molecule has 0 saturated carbocycles. The summed E-state index contributed by atoms with van der Waals surface area (Å²) in [6.45, 7) is 5.48. The molecule has 0 aliphatic rings. The van der Waals surface area contributed by atoms with Crippen LogP contribution in [0, 0.1) is 6.92 Å². The van der Waals surface area contributed by atoms with Crippen molar-refractivity contribution in [1.82, 2.24) is 4.90 Å². The lowest BCUT2D eigenvalue weighted by Crippen LogP contribution is -2.43. The minimum atomic E-state index is -1.23. The van der Waals surface area contributed by atoms with Gasteiger partial charge in [0.1, 0.15) is 0 Å². The fourth-order valence-electron chi connectivity index (χ4n) is 3.30. The summed E-state index contributed by atoms with van der Waals surface area (Å²) in [5.74, 6) is 0.226. The van der Waals surface area contributed by atoms with E-state index < -0.39 is 16.9 Å². The van der Waals surface area contributed by atoms with E-state index in [-0.39, 0.29) is 11.8 Å². The molecule has 0 unspecified atom stereocenters. The standard InChI is InChI=1S/C25H29NO2S/c1-20-13-15-24(16-14-20)29(28)19-25(27)21(2)26(17-22-9-5-3-6-10-22)18-23-11-7-4-8-12-23/h3-16,21,25,27H,17-19H2,1-2H3/t21-,25+,29+/m0/s1. The number of nitrogens with zero attached hydrogens (tertiary/aromatic N) is 1. The zero-order valence-electron chi connectivity index (χ0n) is 17.1. The number of hydrogen-bond acceptors (Lipinski definition) is 3. The number of hydrogen-bond donors (Lipinski definition) is 1. The Morgan fingerprint density at radius 2 is 1.31 bits per heavy atom. The van der Waals surface area contributed by atoms with Crippen molar-refractivity contribution < 1.29 is 9.32 Å². The van der Waals surface area contributed by atoms with Crippen molar-refractivity contribution in [2.45, 2.75) is 44.0 Å². The highest BCUT2D eigenvalue weighted by Crippen LogP contribution is 2.18. The molecule has 0 aromatic heterocycles. The second-order valence-electron chi connectivity index (χ2n) is 7.51. The zero-order valence-corrected chi connectivity index (χ0v) is 17.9. The highest BCUT2D eigenvalue weighted by Gasteiger charge is 2.24. The smallest absolute Gasteiger partial charge is 0.0811 e. The van der Waals surface area contributed by atoms with Crippen LogP contribution in [0.5, 0.6) is 0 Å². The van der Waals surface area contributed by atoms with E-state index in [1.54, 1.807) is 0 Å². The van der Waals surface area contributed by atoms with Crippen molar-refractivity contribution in [1.29, 1.82) is 0 Å². The van der Waals surface area contributed by atoms with Crippen LogP contribution < -0.4 is 0 Å². The molecule has 3 aromatic rings. The molecule has 3 aromatic carbocycles. The molecule has 0 fully saturated rings. The Bertz CT molecular complexity index is 856. The number of aliphatic hydroxyl groups is 1. The van der Waals surface area contributed by atoms with Gasteiger partial charge in [-0.25, -0.2) is 0 Å². The van der Waals surface area contributed by atoms with Crippen LogP contribution in [-0.4, -0.2) is 32.1 Å². The number of aliphatic hydroxyl groups excluding tert-OH is 1. The number of rotatable bonds is 9. The van der Waals surface area contributed by atoms with Gasteiger partial charge in [0.05, 0.1) is 22.7 Å². The van der Waals surface area contributed by atoms with E-state index in [0.29, 0.717) is 0 Å². The summed E-state index contributed by atoms with van der Waals surface area (Å²) in [6, 6.07) is 28.1. The first-order valence-electron chi connectivity index (χ1n) is 9.98. The van der Waals surface area contributed by atoms with Crippen molar-refractivity contribution in [2.75, 3.05) is 5.75 Å². The Balaban J connectivity index is 1.72. The highest BCUT2D eigenvalue weighted by atomic mass is 32.2. The van der Waals surface area contributed by atoms with E-state index in [2.05, 4.69) is 29.2 Å². The molecular formula is C25H29NO2S. The molecule has 3 rings (SSSR count). The van der Waals surface area contributed by atoms with Gasteiger partial charge in [-0.1, -0.05) is 78.4 Å². The molecule has 0 bridgehead atoms. The van der Waals surface area contributed by atoms with Crippen molar-refractivity contribution in [2.24, 2.45) is 0 Å². The Morgan fingerprint density at radius 1 is 0.828 bits per heavy atom. The van der Waals surface area contributed by atoms with Crippen LogP contribution in [-0.2, 0) is 23.9 Å². The summed E-state index contributed by atoms with van der Waals surface area (Å²) < 4.78 is 12.7. The molecular weight excluding hydrogens is 378 g/mol. The third kappa shape index (κ3) is 6.36. The van der Waals surface area contributed by atoms with Crippen LogP contribution in [0.3, 0.4) is 0 Å². The van der Waals surface area contributed by atoms with Crippen LogP contribution in [0.2, 0.25) is 0 Å². The maximum atomic E-state index is 12.7. The van der Waals surface area contributed by atoms with Crippen LogP contribution >= 0.6 is 0 Å². The lowest BCUT2D eigenvalue weighted by molar-refractivity contribution is 0.0633. The SMILES string of the molecule is Cc1ccc([S@](=O)C[C@@H](O)[C@H](C)N(Cc2ccccc2)Cc2ccccc2)cc1. The van der Waals surface area contributed by atoms with Gasteiger partial charge in [0.2, 0.25) is 0 Å². The monoisotopic (exact) mass is 407 g/mol. The Kier molecular flexibility index (Phi) is 7.76. The molecule has 4 heteroatoms. The van der Waals surface area contributed by atoms with Crippen molar-refractivity contribution in [3.8, 4) is 0 Å². The van der Waals surface area contributed by atoms with Crippen molar-refractivity contribution >= 4 is 10.8 Å². The van der Waals surface area contributed by atoms with Gasteiger partial charge in [-0.15, -0.1) is 0 Å². The summed E-state index contributed by atoms with van der Waals surface area (Å²) in [5.41, 5.74) is 3.53. The molecule has 1 N–H and O–H groups in total. The fourth-order valence-corrected chi connectivity index (χ4v) is 4.52. The van der Waals surface area contributed by atoms with Crippen molar-refractivity contribution in [3.05, 3.63) is 102 Å². The van der Waals surface area contributed by atoms with E-state index >= 15 is 0 Å². The molecule has 3 atom stereocenters. The fraction of sp³-hybridized carbons (Fsp3) is 0.280. The molecule has 0 saturated heterocycles. The molecule has 0 aliphatic heterocycles. The molecule has 29 heavy (non-hydrogen) atoms. The van der Waals surface area contributed by atoms with E-state index in [1.807, 2.05) is 74.5 Å². The molecule has 0 aliphatic carbocycles. The summed E-state index contributed by atoms with van der Waals surface area (Å²) in [7, 11) is -1.23. The van der Waals surface area contributed by atoms with Gasteiger partial charge in [-0.3, -0.25) is 9.11 Å². The van der Waals surface area contributed by atoms with Crippen LogP contribution in [0.1, 0.15) is 23.6 Å². The van der Waals surface area contributed by atoms with Gasteiger partial charge in [0, 0.05) is 24.0 Å². The zero-order chi connectivity index (χ0) is 20.6.